The first kappa shape index (κ1) is 13.3. The minimum Gasteiger partial charge on any atom is -0.406 e. The fraction of sp³-hybridized carbons (Fsp3) is 0.400. The van der Waals surface area contributed by atoms with Gasteiger partial charge in [0.05, 0.1) is 6.10 Å². The van der Waals surface area contributed by atoms with Crippen molar-refractivity contribution < 1.29 is 23.0 Å². The second kappa shape index (κ2) is 5.05. The van der Waals surface area contributed by atoms with Gasteiger partial charge in [0.25, 0.3) is 0 Å². The molecule has 1 aromatic rings. The van der Waals surface area contributed by atoms with Gasteiger partial charge < -0.3 is 9.84 Å². The maximum atomic E-state index is 12.0. The van der Waals surface area contributed by atoms with Gasteiger partial charge in [-0.1, -0.05) is 22.9 Å². The Kier molecular flexibility index (Phi) is 4.21. The normalized spacial score (nSPS) is 13.6. The van der Waals surface area contributed by atoms with Crippen molar-refractivity contribution in [2.75, 3.05) is 0 Å². The van der Waals surface area contributed by atoms with Crippen molar-refractivity contribution >= 4 is 15.9 Å². The molecule has 0 aliphatic heterocycles. The van der Waals surface area contributed by atoms with E-state index in [0.717, 1.165) is 0 Å². The van der Waals surface area contributed by atoms with E-state index in [9.17, 15) is 18.3 Å². The molecule has 1 atom stereocenters. The lowest BCUT2D eigenvalue weighted by atomic mass is 10.1. The largest absolute Gasteiger partial charge is 0.573 e. The molecule has 0 radical (unpaired) electrons. The molecular weight excluding hydrogens is 289 g/mol. The van der Waals surface area contributed by atoms with Gasteiger partial charge in [-0.15, -0.1) is 13.2 Å². The molecule has 16 heavy (non-hydrogen) atoms. The van der Waals surface area contributed by atoms with Crippen LogP contribution in [0, 0.1) is 0 Å². The van der Waals surface area contributed by atoms with Crippen LogP contribution in [0.4, 0.5) is 13.2 Å². The Hall–Kier alpha value is -0.750. The molecule has 0 saturated heterocycles. The first-order valence-corrected chi connectivity index (χ1v) is 5.36. The van der Waals surface area contributed by atoms with Crippen molar-refractivity contribution in [3.63, 3.8) is 0 Å². The number of ether oxygens (including phenoxy) is 1. The van der Waals surface area contributed by atoms with E-state index in [-0.39, 0.29) is 5.75 Å². The molecule has 0 amide bonds. The third kappa shape index (κ3) is 3.68. The molecule has 2 nitrogen and oxygen atoms in total. The summed E-state index contributed by atoms with van der Waals surface area (Å²) in [5.41, 5.74) is 0.379. The van der Waals surface area contributed by atoms with Gasteiger partial charge in [-0.2, -0.15) is 0 Å². The molecule has 0 fully saturated rings. The number of aliphatic hydroxyl groups excluding tert-OH is 1. The zero-order valence-electron chi connectivity index (χ0n) is 8.38. The second-order valence-electron chi connectivity index (χ2n) is 3.16. The van der Waals surface area contributed by atoms with Crippen molar-refractivity contribution in [2.45, 2.75) is 25.8 Å². The summed E-state index contributed by atoms with van der Waals surface area (Å²) in [5.74, 6) is -0.335. The summed E-state index contributed by atoms with van der Waals surface area (Å²) in [6.07, 6.45) is -5.12. The summed E-state index contributed by atoms with van der Waals surface area (Å²) in [6.45, 7) is 1.73. The zero-order chi connectivity index (χ0) is 12.3. The number of alkyl halides is 3. The van der Waals surface area contributed by atoms with Gasteiger partial charge in [0.15, 0.2) is 0 Å². The number of benzene rings is 1. The van der Waals surface area contributed by atoms with E-state index in [0.29, 0.717) is 16.5 Å². The van der Waals surface area contributed by atoms with Crippen LogP contribution in [-0.4, -0.2) is 11.5 Å². The third-order valence-electron chi connectivity index (χ3n) is 1.95. The molecule has 1 rings (SSSR count). The molecule has 90 valence electrons. The predicted octanol–water partition coefficient (Wildman–Crippen LogP) is 3.79. The first-order valence-electron chi connectivity index (χ1n) is 4.56. The van der Waals surface area contributed by atoms with Crippen molar-refractivity contribution in [1.82, 2.24) is 0 Å². The van der Waals surface area contributed by atoms with Crippen molar-refractivity contribution in [2.24, 2.45) is 0 Å². The fourth-order valence-electron chi connectivity index (χ4n) is 1.19. The number of hydrogen-bond donors (Lipinski definition) is 1. The van der Waals surface area contributed by atoms with Crippen LogP contribution in [-0.2, 0) is 0 Å². The number of halogens is 4. The summed E-state index contributed by atoms with van der Waals surface area (Å²) in [6, 6.07) is 3.77. The highest BCUT2D eigenvalue weighted by Gasteiger charge is 2.31. The summed E-state index contributed by atoms with van der Waals surface area (Å²) in [7, 11) is 0. The van der Waals surface area contributed by atoms with E-state index < -0.39 is 12.5 Å². The van der Waals surface area contributed by atoms with Crippen LogP contribution in [0.25, 0.3) is 0 Å². The number of hydrogen-bond acceptors (Lipinski definition) is 2. The molecule has 0 bridgehead atoms. The smallest absolute Gasteiger partial charge is 0.406 e. The van der Waals surface area contributed by atoms with E-state index in [1.165, 1.54) is 18.2 Å². The van der Waals surface area contributed by atoms with Gasteiger partial charge in [-0.05, 0) is 30.2 Å². The average molecular weight is 299 g/mol. The number of rotatable bonds is 3. The Morgan fingerprint density at radius 2 is 2.06 bits per heavy atom. The summed E-state index contributed by atoms with van der Waals surface area (Å²) < 4.78 is 40.2. The Labute approximate surface area is 99.2 Å². The van der Waals surface area contributed by atoms with Crippen LogP contribution in [0.2, 0.25) is 0 Å². The minimum absolute atomic E-state index is 0.335. The second-order valence-corrected chi connectivity index (χ2v) is 4.01. The van der Waals surface area contributed by atoms with Crippen molar-refractivity contribution in [3.8, 4) is 5.75 Å². The first-order chi connectivity index (χ1) is 7.33. The highest BCUT2D eigenvalue weighted by atomic mass is 79.9. The quantitative estimate of drug-likeness (QED) is 0.920. The van der Waals surface area contributed by atoms with Gasteiger partial charge in [-0.3, -0.25) is 0 Å². The lowest BCUT2D eigenvalue weighted by Crippen LogP contribution is -2.17. The Morgan fingerprint density at radius 3 is 2.56 bits per heavy atom. The zero-order valence-corrected chi connectivity index (χ0v) is 9.97. The van der Waals surface area contributed by atoms with Crippen LogP contribution in [0.5, 0.6) is 5.75 Å². The Bertz CT molecular complexity index is 366. The van der Waals surface area contributed by atoms with Crippen LogP contribution in [0.3, 0.4) is 0 Å². The maximum absolute atomic E-state index is 12.0. The Balaban J connectivity index is 2.98. The van der Waals surface area contributed by atoms with Gasteiger partial charge in [0.1, 0.15) is 5.75 Å². The lowest BCUT2D eigenvalue weighted by Gasteiger charge is -2.14. The van der Waals surface area contributed by atoms with Crippen molar-refractivity contribution in [1.29, 1.82) is 0 Å². The van der Waals surface area contributed by atoms with Gasteiger partial charge in [0.2, 0.25) is 0 Å². The monoisotopic (exact) mass is 298 g/mol. The summed E-state index contributed by atoms with van der Waals surface area (Å²) in [4.78, 5) is 0. The van der Waals surface area contributed by atoms with Crippen LogP contribution < -0.4 is 4.74 Å². The molecular formula is C10H10BrF3O2. The highest BCUT2D eigenvalue weighted by Crippen LogP contribution is 2.31. The summed E-state index contributed by atoms with van der Waals surface area (Å²) in [5, 5.41) is 9.57. The minimum atomic E-state index is -4.72. The van der Waals surface area contributed by atoms with Gasteiger partial charge in [-0.25, -0.2) is 0 Å². The molecule has 1 unspecified atom stereocenters. The molecule has 0 aliphatic carbocycles. The van der Waals surface area contributed by atoms with Crippen LogP contribution in [0.15, 0.2) is 22.7 Å². The lowest BCUT2D eigenvalue weighted by molar-refractivity contribution is -0.274. The highest BCUT2D eigenvalue weighted by molar-refractivity contribution is 9.10. The van der Waals surface area contributed by atoms with Crippen LogP contribution >= 0.6 is 15.9 Å². The van der Waals surface area contributed by atoms with Crippen LogP contribution in [0.1, 0.15) is 25.0 Å². The molecule has 0 aromatic heterocycles. The molecule has 1 aromatic carbocycles. The molecule has 0 heterocycles. The van der Waals surface area contributed by atoms with E-state index in [1.807, 2.05) is 0 Å². The molecule has 6 heteroatoms. The molecule has 0 spiro atoms. The standard InChI is InChI=1S/C10H10BrF3O2/c1-2-9(15)7-5-6(3-4-8(7)11)16-10(12,13)14/h3-5,9,15H,2H2,1H3. The average Bonchev–Trinajstić information content (AvgIpc) is 2.18. The van der Waals surface area contributed by atoms with E-state index in [4.69, 9.17) is 0 Å². The summed E-state index contributed by atoms with van der Waals surface area (Å²) >= 11 is 3.15. The SMILES string of the molecule is CCC(O)c1cc(OC(F)(F)F)ccc1Br. The molecule has 0 aliphatic rings. The van der Waals surface area contributed by atoms with E-state index in [1.54, 1.807) is 6.92 Å². The number of aliphatic hydroxyl groups is 1. The predicted molar refractivity (Wildman–Crippen MR) is 56.1 cm³/mol. The third-order valence-corrected chi connectivity index (χ3v) is 2.67. The Morgan fingerprint density at radius 1 is 1.44 bits per heavy atom. The topological polar surface area (TPSA) is 29.5 Å². The van der Waals surface area contributed by atoms with Gasteiger partial charge >= 0.3 is 6.36 Å². The molecule has 1 N–H and O–H groups in total. The van der Waals surface area contributed by atoms with Gasteiger partial charge in [0, 0.05) is 4.47 Å². The van der Waals surface area contributed by atoms with E-state index >= 15 is 0 Å². The molecule has 0 saturated carbocycles. The fourth-order valence-corrected chi connectivity index (χ4v) is 1.71. The van der Waals surface area contributed by atoms with Crippen molar-refractivity contribution in [3.05, 3.63) is 28.2 Å². The van der Waals surface area contributed by atoms with E-state index in [2.05, 4.69) is 20.7 Å². The maximum Gasteiger partial charge on any atom is 0.573 e.